The Kier molecular flexibility index (Phi) is 4.74. The monoisotopic (exact) mass is 393 g/mol. The van der Waals surface area contributed by atoms with E-state index in [0.717, 1.165) is 17.1 Å². The molecule has 1 aromatic carbocycles. The maximum Gasteiger partial charge on any atom is 0.276 e. The molecule has 9 heteroatoms. The molecule has 1 aliphatic carbocycles. The Labute approximate surface area is 156 Å². The van der Waals surface area contributed by atoms with Gasteiger partial charge in [-0.2, -0.15) is 0 Å². The number of benzene rings is 1. The average Bonchev–Trinajstić information content (AvgIpc) is 3.20. The van der Waals surface area contributed by atoms with E-state index in [1.807, 2.05) is 0 Å². The van der Waals surface area contributed by atoms with Crippen LogP contribution in [0.2, 0.25) is 0 Å². The highest BCUT2D eigenvalue weighted by Gasteiger charge is 2.40. The van der Waals surface area contributed by atoms with E-state index in [9.17, 15) is 13.2 Å². The summed E-state index contributed by atoms with van der Waals surface area (Å²) in [7, 11) is -3.76. The third-order valence-corrected chi connectivity index (χ3v) is 7.45. The lowest BCUT2D eigenvalue weighted by atomic mass is 9.89. The van der Waals surface area contributed by atoms with Crippen molar-refractivity contribution in [2.45, 2.75) is 48.1 Å². The molecule has 26 heavy (non-hydrogen) atoms. The molecule has 4 rings (SSSR count). The minimum atomic E-state index is -3.76. The van der Waals surface area contributed by atoms with Gasteiger partial charge < -0.3 is 4.42 Å². The second-order valence-electron chi connectivity index (χ2n) is 6.47. The summed E-state index contributed by atoms with van der Waals surface area (Å²) in [6, 6.07) is 6.28. The van der Waals surface area contributed by atoms with E-state index in [1.54, 1.807) is 12.1 Å². The van der Waals surface area contributed by atoms with E-state index in [2.05, 4.69) is 10.2 Å². The van der Waals surface area contributed by atoms with Crippen LogP contribution in [-0.4, -0.2) is 41.1 Å². The summed E-state index contributed by atoms with van der Waals surface area (Å²) in [5, 5.41) is 8.60. The van der Waals surface area contributed by atoms with Crippen molar-refractivity contribution in [1.82, 2.24) is 14.5 Å². The molecule has 7 nitrogen and oxygen atoms in total. The summed E-state index contributed by atoms with van der Waals surface area (Å²) >= 11 is 1.27. The molecule has 0 spiro atoms. The number of rotatable bonds is 5. The molecule has 0 saturated heterocycles. The van der Waals surface area contributed by atoms with E-state index in [0.29, 0.717) is 22.8 Å². The number of thioether (sulfide) groups is 1. The first-order valence-electron chi connectivity index (χ1n) is 8.69. The van der Waals surface area contributed by atoms with Crippen LogP contribution in [-0.2, 0) is 10.0 Å². The summed E-state index contributed by atoms with van der Waals surface area (Å²) in [5.74, 6) is 0.894. The fourth-order valence-corrected chi connectivity index (χ4v) is 5.84. The molecule has 0 bridgehead atoms. The zero-order chi connectivity index (χ0) is 18.1. The second kappa shape index (κ2) is 7.03. The zero-order valence-electron chi connectivity index (χ0n) is 14.1. The van der Waals surface area contributed by atoms with E-state index < -0.39 is 15.9 Å². The van der Waals surface area contributed by atoms with Gasteiger partial charge in [0.1, 0.15) is 4.90 Å². The SMILES string of the molecule is O=C1c2ccccc2S(=O)(=O)N1CCSc1nnc(C2CCCCC2)o1. The third-order valence-electron chi connectivity index (χ3n) is 4.81. The van der Waals surface area contributed by atoms with Crippen LogP contribution in [0.25, 0.3) is 0 Å². The highest BCUT2D eigenvalue weighted by Crippen LogP contribution is 2.33. The molecular weight excluding hydrogens is 374 g/mol. The molecule has 138 valence electrons. The van der Waals surface area contributed by atoms with E-state index in [4.69, 9.17) is 4.42 Å². The Bertz CT molecular complexity index is 920. The fourth-order valence-electron chi connectivity index (χ4n) is 3.46. The molecule has 2 heterocycles. The van der Waals surface area contributed by atoms with Crippen LogP contribution in [0.3, 0.4) is 0 Å². The molecule has 2 aromatic rings. The Morgan fingerprint density at radius 2 is 1.92 bits per heavy atom. The van der Waals surface area contributed by atoms with Crippen molar-refractivity contribution in [3.63, 3.8) is 0 Å². The van der Waals surface area contributed by atoms with E-state index in [1.165, 1.54) is 43.2 Å². The van der Waals surface area contributed by atoms with Crippen molar-refractivity contribution in [3.05, 3.63) is 35.7 Å². The van der Waals surface area contributed by atoms with Gasteiger partial charge in [-0.25, -0.2) is 12.7 Å². The Morgan fingerprint density at radius 1 is 1.15 bits per heavy atom. The summed E-state index contributed by atoms with van der Waals surface area (Å²) < 4.78 is 31.6. The molecule has 0 N–H and O–H groups in total. The molecule has 1 fully saturated rings. The fraction of sp³-hybridized carbons (Fsp3) is 0.471. The minimum Gasteiger partial charge on any atom is -0.416 e. The van der Waals surface area contributed by atoms with Crippen molar-refractivity contribution in [2.75, 3.05) is 12.3 Å². The molecule has 1 amide bonds. The van der Waals surface area contributed by atoms with Gasteiger partial charge in [0.05, 0.1) is 5.56 Å². The van der Waals surface area contributed by atoms with Crippen LogP contribution in [0.5, 0.6) is 0 Å². The van der Waals surface area contributed by atoms with Crippen LogP contribution in [0.4, 0.5) is 0 Å². The number of sulfonamides is 1. The number of amides is 1. The van der Waals surface area contributed by atoms with Gasteiger partial charge in [0, 0.05) is 18.2 Å². The number of hydrogen-bond donors (Lipinski definition) is 0. The van der Waals surface area contributed by atoms with Gasteiger partial charge in [-0.05, 0) is 25.0 Å². The van der Waals surface area contributed by atoms with Crippen LogP contribution in [0.1, 0.15) is 54.3 Å². The quantitative estimate of drug-likeness (QED) is 0.721. The first-order chi connectivity index (χ1) is 12.6. The zero-order valence-corrected chi connectivity index (χ0v) is 15.8. The average molecular weight is 393 g/mol. The number of aromatic nitrogens is 2. The Hall–Kier alpha value is -1.87. The highest BCUT2D eigenvalue weighted by molar-refractivity contribution is 7.99. The van der Waals surface area contributed by atoms with Crippen LogP contribution in [0, 0.1) is 0 Å². The number of fused-ring (bicyclic) bond motifs is 1. The van der Waals surface area contributed by atoms with Gasteiger partial charge in [0.15, 0.2) is 0 Å². The Balaban J connectivity index is 1.38. The Morgan fingerprint density at radius 3 is 2.69 bits per heavy atom. The maximum atomic E-state index is 12.5. The molecule has 0 atom stereocenters. The molecule has 0 unspecified atom stereocenters. The lowest BCUT2D eigenvalue weighted by Gasteiger charge is -2.17. The van der Waals surface area contributed by atoms with Gasteiger partial charge in [0.2, 0.25) is 5.89 Å². The van der Waals surface area contributed by atoms with Crippen LogP contribution in [0.15, 0.2) is 38.8 Å². The third kappa shape index (κ3) is 3.14. The highest BCUT2D eigenvalue weighted by atomic mass is 32.2. The van der Waals surface area contributed by atoms with Crippen LogP contribution >= 0.6 is 11.8 Å². The lowest BCUT2D eigenvalue weighted by molar-refractivity contribution is 0.0876. The number of carbonyl (C=O) groups excluding carboxylic acids is 1. The van der Waals surface area contributed by atoms with Crippen molar-refractivity contribution in [1.29, 1.82) is 0 Å². The second-order valence-corrected chi connectivity index (χ2v) is 9.34. The molecule has 0 radical (unpaired) electrons. The molecule has 1 aromatic heterocycles. The predicted octanol–water partition coefficient (Wildman–Crippen LogP) is 3.05. The van der Waals surface area contributed by atoms with Gasteiger partial charge in [-0.1, -0.05) is 43.2 Å². The largest absolute Gasteiger partial charge is 0.416 e. The van der Waals surface area contributed by atoms with E-state index >= 15 is 0 Å². The summed E-state index contributed by atoms with van der Waals surface area (Å²) in [6.45, 7) is 0.0711. The minimum absolute atomic E-state index is 0.0711. The summed E-state index contributed by atoms with van der Waals surface area (Å²) in [4.78, 5) is 12.4. The predicted molar refractivity (Wildman–Crippen MR) is 95.5 cm³/mol. The van der Waals surface area contributed by atoms with Gasteiger partial charge in [-0.3, -0.25) is 4.79 Å². The topological polar surface area (TPSA) is 93.4 Å². The van der Waals surface area contributed by atoms with Crippen molar-refractivity contribution >= 4 is 27.7 Å². The lowest BCUT2D eigenvalue weighted by Crippen LogP contribution is -2.32. The van der Waals surface area contributed by atoms with Crippen molar-refractivity contribution in [3.8, 4) is 0 Å². The number of carbonyl (C=O) groups is 1. The van der Waals surface area contributed by atoms with E-state index in [-0.39, 0.29) is 17.0 Å². The molecule has 1 saturated carbocycles. The van der Waals surface area contributed by atoms with Crippen molar-refractivity contribution in [2.24, 2.45) is 0 Å². The normalized spacial score (nSPS) is 19.7. The van der Waals surface area contributed by atoms with Crippen molar-refractivity contribution < 1.29 is 17.6 Å². The van der Waals surface area contributed by atoms with Gasteiger partial charge >= 0.3 is 0 Å². The van der Waals surface area contributed by atoms with Crippen LogP contribution < -0.4 is 0 Å². The summed E-state index contributed by atoms with van der Waals surface area (Å²) in [6.07, 6.45) is 5.78. The maximum absolute atomic E-state index is 12.5. The standard InChI is InChI=1S/C17H19N3O4S2/c21-16-13-8-4-5-9-14(13)26(22,23)20(16)10-11-25-17-19-18-15(24-17)12-6-2-1-3-7-12/h4-5,8-9,12H,1-3,6-7,10-11H2. The molecule has 2 aliphatic rings. The smallest absolute Gasteiger partial charge is 0.276 e. The first-order valence-corrected chi connectivity index (χ1v) is 11.1. The number of hydrogen-bond acceptors (Lipinski definition) is 7. The number of nitrogens with zero attached hydrogens (tertiary/aromatic N) is 3. The van der Waals surface area contributed by atoms with Gasteiger partial charge in [-0.15, -0.1) is 10.2 Å². The molecule has 1 aliphatic heterocycles. The summed E-state index contributed by atoms with van der Waals surface area (Å²) in [5.41, 5.74) is 0.231. The molecular formula is C17H19N3O4S2. The van der Waals surface area contributed by atoms with Gasteiger partial charge in [0.25, 0.3) is 21.2 Å². The first kappa shape index (κ1) is 17.5.